The Balaban J connectivity index is 1.74. The van der Waals surface area contributed by atoms with Crippen LogP contribution in [0.25, 0.3) is 0 Å². The van der Waals surface area contributed by atoms with E-state index in [0.717, 1.165) is 9.37 Å². The third-order valence-electron chi connectivity index (χ3n) is 4.13. The van der Waals surface area contributed by atoms with Crippen molar-refractivity contribution in [2.24, 2.45) is 0 Å². The van der Waals surface area contributed by atoms with Crippen molar-refractivity contribution in [2.45, 2.75) is 12.5 Å². The zero-order valence-electron chi connectivity index (χ0n) is 13.8. The van der Waals surface area contributed by atoms with E-state index in [1.807, 2.05) is 6.07 Å². The monoisotopic (exact) mass is 479 g/mol. The Kier molecular flexibility index (Phi) is 5.15. The fraction of sp³-hybridized carbons (Fsp3) is 0.167. The number of hydrogen-bond donors (Lipinski definition) is 2. The molecule has 26 heavy (non-hydrogen) atoms. The smallest absolute Gasteiger partial charge is 0.323 e. The number of amides is 4. The van der Waals surface area contributed by atoms with Crippen LogP contribution in [0.3, 0.4) is 0 Å². The molecule has 4 amide bonds. The molecule has 1 saturated heterocycles. The van der Waals surface area contributed by atoms with Gasteiger partial charge in [0.25, 0.3) is 5.91 Å². The predicted molar refractivity (Wildman–Crippen MR) is 105 cm³/mol. The summed E-state index contributed by atoms with van der Waals surface area (Å²) in [4.78, 5) is 38.3. The summed E-state index contributed by atoms with van der Waals surface area (Å²) in [5.74, 6) is -0.924. The van der Waals surface area contributed by atoms with Gasteiger partial charge in [-0.25, -0.2) is 4.79 Å². The van der Waals surface area contributed by atoms with Gasteiger partial charge in [-0.15, -0.1) is 0 Å². The van der Waals surface area contributed by atoms with Crippen molar-refractivity contribution in [3.8, 4) is 0 Å². The lowest BCUT2D eigenvalue weighted by Gasteiger charge is -2.22. The zero-order chi connectivity index (χ0) is 18.9. The molecular formula is C18H15Br2N3O3. The van der Waals surface area contributed by atoms with E-state index in [2.05, 4.69) is 42.5 Å². The summed E-state index contributed by atoms with van der Waals surface area (Å²) in [5, 5.41) is 5.37. The topological polar surface area (TPSA) is 78.5 Å². The van der Waals surface area contributed by atoms with Crippen molar-refractivity contribution in [1.29, 1.82) is 0 Å². The van der Waals surface area contributed by atoms with Crippen molar-refractivity contribution in [3.05, 3.63) is 63.0 Å². The Morgan fingerprint density at radius 2 is 1.85 bits per heavy atom. The molecule has 0 bridgehead atoms. The molecule has 8 heteroatoms. The highest BCUT2D eigenvalue weighted by Crippen LogP contribution is 2.29. The molecule has 6 nitrogen and oxygen atoms in total. The van der Waals surface area contributed by atoms with Crippen molar-refractivity contribution in [1.82, 2.24) is 10.2 Å². The molecule has 2 aromatic rings. The first-order chi connectivity index (χ1) is 12.3. The van der Waals surface area contributed by atoms with Gasteiger partial charge in [-0.05, 0) is 46.6 Å². The van der Waals surface area contributed by atoms with E-state index in [1.165, 1.54) is 0 Å². The highest BCUT2D eigenvalue weighted by Gasteiger charge is 2.49. The Bertz CT molecular complexity index is 889. The van der Waals surface area contributed by atoms with Crippen LogP contribution in [-0.2, 0) is 15.1 Å². The number of nitrogens with zero attached hydrogens (tertiary/aromatic N) is 1. The van der Waals surface area contributed by atoms with E-state index in [4.69, 9.17) is 0 Å². The van der Waals surface area contributed by atoms with Crippen LogP contribution >= 0.6 is 31.9 Å². The second-order valence-electron chi connectivity index (χ2n) is 5.98. The fourth-order valence-corrected chi connectivity index (χ4v) is 3.88. The lowest BCUT2D eigenvalue weighted by molar-refractivity contribution is -0.133. The Labute approximate surface area is 167 Å². The minimum atomic E-state index is -1.18. The van der Waals surface area contributed by atoms with Gasteiger partial charge in [-0.1, -0.05) is 46.3 Å². The summed E-state index contributed by atoms with van der Waals surface area (Å²) in [7, 11) is 0. The SMILES string of the molecule is CC1(c2ccccc2)NC(=O)N(CC(=O)Nc2ccc(Br)cc2Br)C1=O. The molecule has 2 aromatic carbocycles. The molecule has 2 N–H and O–H groups in total. The number of nitrogens with one attached hydrogen (secondary N) is 2. The average molecular weight is 481 g/mol. The number of hydrogen-bond acceptors (Lipinski definition) is 3. The summed E-state index contributed by atoms with van der Waals surface area (Å²) in [5.41, 5.74) is 0.0320. The van der Waals surface area contributed by atoms with Gasteiger partial charge in [0.05, 0.1) is 5.69 Å². The molecule has 1 aliphatic heterocycles. The van der Waals surface area contributed by atoms with Crippen molar-refractivity contribution < 1.29 is 14.4 Å². The molecule has 134 valence electrons. The maximum absolute atomic E-state index is 12.8. The summed E-state index contributed by atoms with van der Waals surface area (Å²) < 4.78 is 1.54. The van der Waals surface area contributed by atoms with Crippen molar-refractivity contribution in [3.63, 3.8) is 0 Å². The highest BCUT2D eigenvalue weighted by atomic mass is 79.9. The number of carbonyl (C=O) groups excluding carboxylic acids is 3. The standard InChI is InChI=1S/C18H15Br2N3O3/c1-18(11-5-3-2-4-6-11)16(25)23(17(26)22-18)10-15(24)21-14-8-7-12(19)9-13(14)20/h2-9H,10H2,1H3,(H,21,24)(H,22,26). The van der Waals surface area contributed by atoms with Crippen molar-refractivity contribution in [2.75, 3.05) is 11.9 Å². The Morgan fingerprint density at radius 3 is 2.50 bits per heavy atom. The number of urea groups is 1. The third kappa shape index (κ3) is 3.52. The van der Waals surface area contributed by atoms with Crippen LogP contribution in [-0.4, -0.2) is 29.3 Å². The molecule has 0 aliphatic carbocycles. The van der Waals surface area contributed by atoms with E-state index in [0.29, 0.717) is 15.7 Å². The number of rotatable bonds is 4. The fourth-order valence-electron chi connectivity index (χ4n) is 2.73. The van der Waals surface area contributed by atoms with Crippen LogP contribution in [0, 0.1) is 0 Å². The Hall–Kier alpha value is -2.19. The van der Waals surface area contributed by atoms with Gasteiger partial charge in [-0.2, -0.15) is 0 Å². The molecule has 0 aromatic heterocycles. The van der Waals surface area contributed by atoms with E-state index >= 15 is 0 Å². The summed E-state index contributed by atoms with van der Waals surface area (Å²) in [6.07, 6.45) is 0. The number of benzene rings is 2. The van der Waals surface area contributed by atoms with Gasteiger partial charge in [-0.3, -0.25) is 14.5 Å². The number of halogens is 2. The molecule has 1 unspecified atom stereocenters. The van der Waals surface area contributed by atoms with E-state index in [-0.39, 0.29) is 6.54 Å². The van der Waals surface area contributed by atoms with Gasteiger partial charge in [0, 0.05) is 8.95 Å². The quantitative estimate of drug-likeness (QED) is 0.656. The molecule has 1 heterocycles. The lowest BCUT2D eigenvalue weighted by atomic mass is 9.92. The average Bonchev–Trinajstić information content (AvgIpc) is 2.82. The molecule has 1 atom stereocenters. The van der Waals surface area contributed by atoms with E-state index in [9.17, 15) is 14.4 Å². The van der Waals surface area contributed by atoms with Crippen LogP contribution in [0.15, 0.2) is 57.5 Å². The van der Waals surface area contributed by atoms with Gasteiger partial charge < -0.3 is 10.6 Å². The van der Waals surface area contributed by atoms with Gasteiger partial charge in [0.2, 0.25) is 5.91 Å². The van der Waals surface area contributed by atoms with Crippen molar-refractivity contribution >= 4 is 55.4 Å². The zero-order valence-corrected chi connectivity index (χ0v) is 16.9. The van der Waals surface area contributed by atoms with Crippen LogP contribution in [0.2, 0.25) is 0 Å². The normalized spacial score (nSPS) is 19.4. The first-order valence-electron chi connectivity index (χ1n) is 7.76. The first-order valence-corrected chi connectivity index (χ1v) is 9.34. The minimum absolute atomic E-state index is 0.365. The largest absolute Gasteiger partial charge is 0.325 e. The van der Waals surface area contributed by atoms with Crippen LogP contribution in [0.5, 0.6) is 0 Å². The summed E-state index contributed by atoms with van der Waals surface area (Å²) in [6, 6.07) is 13.6. The third-order valence-corrected chi connectivity index (χ3v) is 5.28. The van der Waals surface area contributed by atoms with Gasteiger partial charge in [0.1, 0.15) is 12.1 Å². The second kappa shape index (κ2) is 7.20. The Morgan fingerprint density at radius 1 is 1.15 bits per heavy atom. The van der Waals surface area contributed by atoms with Gasteiger partial charge in [0.15, 0.2) is 0 Å². The maximum atomic E-state index is 12.8. The summed E-state index contributed by atoms with van der Waals surface area (Å²) in [6.45, 7) is 1.27. The molecule has 1 fully saturated rings. The maximum Gasteiger partial charge on any atom is 0.325 e. The number of carbonyl (C=O) groups is 3. The molecule has 0 spiro atoms. The van der Waals surface area contributed by atoms with Gasteiger partial charge >= 0.3 is 6.03 Å². The second-order valence-corrected chi connectivity index (χ2v) is 7.75. The molecule has 1 aliphatic rings. The summed E-state index contributed by atoms with van der Waals surface area (Å²) >= 11 is 6.69. The number of anilines is 1. The molecular weight excluding hydrogens is 466 g/mol. The molecule has 3 rings (SSSR count). The lowest BCUT2D eigenvalue weighted by Crippen LogP contribution is -2.42. The van der Waals surface area contributed by atoms with E-state index < -0.39 is 23.4 Å². The van der Waals surface area contributed by atoms with Crippen LogP contribution < -0.4 is 10.6 Å². The predicted octanol–water partition coefficient (Wildman–Crippen LogP) is 3.62. The number of imide groups is 1. The highest BCUT2D eigenvalue weighted by molar-refractivity contribution is 9.11. The molecule has 0 radical (unpaired) electrons. The molecule has 0 saturated carbocycles. The van der Waals surface area contributed by atoms with E-state index in [1.54, 1.807) is 49.4 Å². The van der Waals surface area contributed by atoms with Crippen LogP contribution in [0.1, 0.15) is 12.5 Å². The first kappa shape index (κ1) is 18.6. The van der Waals surface area contributed by atoms with Crippen LogP contribution in [0.4, 0.5) is 10.5 Å². The minimum Gasteiger partial charge on any atom is -0.323 e.